The molecule has 6 nitrogen and oxygen atoms in total. The van der Waals surface area contributed by atoms with E-state index < -0.39 is 5.97 Å². The second-order valence-corrected chi connectivity index (χ2v) is 2.84. The lowest BCUT2D eigenvalue weighted by atomic mass is 10.2. The molecule has 0 saturated heterocycles. The summed E-state index contributed by atoms with van der Waals surface area (Å²) >= 11 is 0. The summed E-state index contributed by atoms with van der Waals surface area (Å²) in [4.78, 5) is 14.7. The molecule has 0 aliphatic carbocycles. The third kappa shape index (κ3) is 2.11. The molecule has 1 N–H and O–H groups in total. The van der Waals surface area contributed by atoms with Crippen LogP contribution in [0.25, 0.3) is 0 Å². The van der Waals surface area contributed by atoms with E-state index in [9.17, 15) is 4.79 Å². The Labute approximate surface area is 90.6 Å². The van der Waals surface area contributed by atoms with Gasteiger partial charge in [-0.2, -0.15) is 5.10 Å². The van der Waals surface area contributed by atoms with Crippen LogP contribution < -0.4 is 4.74 Å². The zero-order valence-electron chi connectivity index (χ0n) is 8.07. The number of hydrogen-bond donors (Lipinski definition) is 1. The molecule has 6 heteroatoms. The predicted molar refractivity (Wildman–Crippen MR) is 53.3 cm³/mol. The minimum atomic E-state index is -1.08. The standard InChI is InChI=1S/C10H7N3O3/c14-10(15)7-3-5-11-6-8(7)16-9-2-1-4-12-13-9/h1-6H,(H,14,15). The maximum Gasteiger partial charge on any atom is 0.339 e. The molecule has 0 spiro atoms. The van der Waals surface area contributed by atoms with Gasteiger partial charge in [0.25, 0.3) is 0 Å². The summed E-state index contributed by atoms with van der Waals surface area (Å²) in [5.74, 6) is -0.727. The Morgan fingerprint density at radius 2 is 2.19 bits per heavy atom. The van der Waals surface area contributed by atoms with Crippen LogP contribution in [0.1, 0.15) is 10.4 Å². The van der Waals surface area contributed by atoms with Crippen molar-refractivity contribution in [2.75, 3.05) is 0 Å². The molecular weight excluding hydrogens is 210 g/mol. The van der Waals surface area contributed by atoms with E-state index >= 15 is 0 Å². The number of nitrogens with zero attached hydrogens (tertiary/aromatic N) is 3. The number of aromatic nitrogens is 3. The number of rotatable bonds is 3. The maximum absolute atomic E-state index is 10.9. The fraction of sp³-hybridized carbons (Fsp3) is 0. The average molecular weight is 217 g/mol. The Hall–Kier alpha value is -2.50. The zero-order chi connectivity index (χ0) is 11.4. The molecule has 0 radical (unpaired) electrons. The number of aromatic carboxylic acids is 1. The van der Waals surface area contributed by atoms with Crippen LogP contribution in [0.15, 0.2) is 36.8 Å². The van der Waals surface area contributed by atoms with Crippen molar-refractivity contribution in [1.29, 1.82) is 0 Å². The third-order valence-corrected chi connectivity index (χ3v) is 1.78. The van der Waals surface area contributed by atoms with Crippen molar-refractivity contribution in [3.8, 4) is 11.6 Å². The minimum absolute atomic E-state index is 0.0284. The number of carboxylic acids is 1. The van der Waals surface area contributed by atoms with E-state index in [-0.39, 0.29) is 17.2 Å². The lowest BCUT2D eigenvalue weighted by Gasteiger charge is -2.05. The van der Waals surface area contributed by atoms with Crippen molar-refractivity contribution in [1.82, 2.24) is 15.2 Å². The van der Waals surface area contributed by atoms with E-state index in [1.54, 1.807) is 12.1 Å². The van der Waals surface area contributed by atoms with Crippen molar-refractivity contribution in [3.05, 3.63) is 42.4 Å². The number of pyridine rings is 1. The quantitative estimate of drug-likeness (QED) is 0.835. The summed E-state index contributed by atoms with van der Waals surface area (Å²) in [7, 11) is 0. The summed E-state index contributed by atoms with van der Waals surface area (Å²) in [6, 6.07) is 4.57. The first-order valence-electron chi connectivity index (χ1n) is 4.40. The first-order valence-corrected chi connectivity index (χ1v) is 4.40. The van der Waals surface area contributed by atoms with Crippen molar-refractivity contribution in [3.63, 3.8) is 0 Å². The second kappa shape index (κ2) is 4.35. The van der Waals surface area contributed by atoms with Gasteiger partial charge < -0.3 is 9.84 Å². The molecule has 0 atom stereocenters. The molecule has 0 saturated carbocycles. The van der Waals surface area contributed by atoms with Crippen LogP contribution >= 0.6 is 0 Å². The average Bonchev–Trinajstić information content (AvgIpc) is 2.31. The fourth-order valence-electron chi connectivity index (χ4n) is 1.09. The summed E-state index contributed by atoms with van der Waals surface area (Å²) in [6.45, 7) is 0. The number of carbonyl (C=O) groups is 1. The zero-order valence-corrected chi connectivity index (χ0v) is 8.07. The van der Waals surface area contributed by atoms with Gasteiger partial charge in [0.1, 0.15) is 5.56 Å². The van der Waals surface area contributed by atoms with Gasteiger partial charge in [-0.15, -0.1) is 5.10 Å². The first kappa shape index (κ1) is 10.0. The normalized spacial score (nSPS) is 9.75. The molecule has 0 aromatic carbocycles. The molecular formula is C10H7N3O3. The van der Waals surface area contributed by atoms with Gasteiger partial charge in [0, 0.05) is 18.5 Å². The van der Waals surface area contributed by atoms with Crippen LogP contribution in [0.4, 0.5) is 0 Å². The summed E-state index contributed by atoms with van der Waals surface area (Å²) in [5.41, 5.74) is 0.0284. The van der Waals surface area contributed by atoms with Gasteiger partial charge >= 0.3 is 5.97 Å². The van der Waals surface area contributed by atoms with Crippen LogP contribution in [0.5, 0.6) is 11.6 Å². The first-order chi connectivity index (χ1) is 7.77. The molecule has 2 heterocycles. The molecule has 0 aliphatic heterocycles. The smallest absolute Gasteiger partial charge is 0.339 e. The van der Waals surface area contributed by atoms with Crippen molar-refractivity contribution >= 4 is 5.97 Å². The van der Waals surface area contributed by atoms with Crippen LogP contribution in [-0.4, -0.2) is 26.3 Å². The molecule has 16 heavy (non-hydrogen) atoms. The Morgan fingerprint density at radius 1 is 1.31 bits per heavy atom. The molecule has 0 fully saturated rings. The van der Waals surface area contributed by atoms with Gasteiger partial charge in [-0.3, -0.25) is 4.98 Å². The van der Waals surface area contributed by atoms with Crippen LogP contribution in [0, 0.1) is 0 Å². The van der Waals surface area contributed by atoms with Gasteiger partial charge in [0.2, 0.25) is 5.88 Å². The third-order valence-electron chi connectivity index (χ3n) is 1.78. The summed E-state index contributed by atoms with van der Waals surface area (Å²) in [5, 5.41) is 16.2. The van der Waals surface area contributed by atoms with E-state index in [4.69, 9.17) is 9.84 Å². The largest absolute Gasteiger partial charge is 0.478 e. The molecule has 0 aliphatic rings. The SMILES string of the molecule is O=C(O)c1ccncc1Oc1cccnn1. The van der Waals surface area contributed by atoms with E-state index in [2.05, 4.69) is 15.2 Å². The highest BCUT2D eigenvalue weighted by Gasteiger charge is 2.11. The van der Waals surface area contributed by atoms with Gasteiger partial charge in [-0.1, -0.05) is 0 Å². The van der Waals surface area contributed by atoms with Gasteiger partial charge in [0.05, 0.1) is 6.20 Å². The van der Waals surface area contributed by atoms with Crippen LogP contribution in [0.3, 0.4) is 0 Å². The van der Waals surface area contributed by atoms with Crippen molar-refractivity contribution < 1.29 is 14.6 Å². The van der Waals surface area contributed by atoms with E-state index in [0.29, 0.717) is 0 Å². The van der Waals surface area contributed by atoms with Gasteiger partial charge in [-0.05, 0) is 12.1 Å². The Bertz CT molecular complexity index is 502. The highest BCUT2D eigenvalue weighted by atomic mass is 16.5. The predicted octanol–water partition coefficient (Wildman–Crippen LogP) is 1.36. The van der Waals surface area contributed by atoms with E-state index in [1.165, 1.54) is 24.7 Å². The topological polar surface area (TPSA) is 85.2 Å². The van der Waals surface area contributed by atoms with Crippen LogP contribution in [-0.2, 0) is 0 Å². The minimum Gasteiger partial charge on any atom is -0.478 e. The monoisotopic (exact) mass is 217 g/mol. The maximum atomic E-state index is 10.9. The Kier molecular flexibility index (Phi) is 2.73. The molecule has 2 aromatic heterocycles. The fourth-order valence-corrected chi connectivity index (χ4v) is 1.09. The van der Waals surface area contributed by atoms with E-state index in [0.717, 1.165) is 0 Å². The molecule has 0 unspecified atom stereocenters. The summed E-state index contributed by atoms with van der Waals surface area (Å²) < 4.78 is 5.25. The molecule has 2 rings (SSSR count). The van der Waals surface area contributed by atoms with E-state index in [1.807, 2.05) is 0 Å². The number of ether oxygens (including phenoxy) is 1. The Balaban J connectivity index is 2.31. The summed E-state index contributed by atoms with van der Waals surface area (Å²) in [6.07, 6.45) is 4.19. The number of hydrogen-bond acceptors (Lipinski definition) is 5. The molecule has 2 aromatic rings. The Morgan fingerprint density at radius 3 is 2.88 bits per heavy atom. The highest BCUT2D eigenvalue weighted by Crippen LogP contribution is 2.21. The van der Waals surface area contributed by atoms with Crippen molar-refractivity contribution in [2.45, 2.75) is 0 Å². The molecule has 0 bridgehead atoms. The molecule has 80 valence electrons. The lowest BCUT2D eigenvalue weighted by Crippen LogP contribution is -2.01. The molecule has 0 amide bonds. The highest BCUT2D eigenvalue weighted by molar-refractivity contribution is 5.90. The number of carboxylic acid groups (broad SMARTS) is 1. The second-order valence-electron chi connectivity index (χ2n) is 2.84. The van der Waals surface area contributed by atoms with Crippen molar-refractivity contribution in [2.24, 2.45) is 0 Å². The van der Waals surface area contributed by atoms with Gasteiger partial charge in [-0.25, -0.2) is 4.79 Å². The van der Waals surface area contributed by atoms with Gasteiger partial charge in [0.15, 0.2) is 5.75 Å². The van der Waals surface area contributed by atoms with Crippen LogP contribution in [0.2, 0.25) is 0 Å². The lowest BCUT2D eigenvalue weighted by molar-refractivity contribution is 0.0694.